The summed E-state index contributed by atoms with van der Waals surface area (Å²) >= 11 is 0. The van der Waals surface area contributed by atoms with E-state index in [2.05, 4.69) is 10.2 Å². The third-order valence-corrected chi connectivity index (χ3v) is 2.68. The van der Waals surface area contributed by atoms with Gasteiger partial charge in [-0.15, -0.1) is 0 Å². The van der Waals surface area contributed by atoms with E-state index in [9.17, 15) is 4.79 Å². The summed E-state index contributed by atoms with van der Waals surface area (Å²) in [5.41, 5.74) is 1.87. The summed E-state index contributed by atoms with van der Waals surface area (Å²) in [6.07, 6.45) is 0. The molecule has 1 aliphatic heterocycles. The average molecular weight is 203 g/mol. The molecular weight excluding hydrogens is 188 g/mol. The Morgan fingerprint density at radius 3 is 2.60 bits per heavy atom. The van der Waals surface area contributed by atoms with Gasteiger partial charge in [0.15, 0.2) is 5.78 Å². The number of para-hydroxylation sites is 1. The highest BCUT2D eigenvalue weighted by Crippen LogP contribution is 2.21. The predicted octanol–water partition coefficient (Wildman–Crippen LogP) is 1.31. The van der Waals surface area contributed by atoms with Gasteiger partial charge < -0.3 is 4.90 Å². The van der Waals surface area contributed by atoms with Crippen LogP contribution < -0.4 is 10.2 Å². The fourth-order valence-electron chi connectivity index (χ4n) is 1.89. The van der Waals surface area contributed by atoms with Crippen molar-refractivity contribution >= 4 is 11.5 Å². The van der Waals surface area contributed by atoms with Gasteiger partial charge in [-0.25, -0.2) is 5.32 Å². The van der Waals surface area contributed by atoms with Crippen LogP contribution in [-0.2, 0) is 0 Å². The van der Waals surface area contributed by atoms with E-state index in [1.165, 1.54) is 0 Å². The standard InChI is InChI=1S/C12H15N2O/c1-10(15)11-4-2-3-5-12(11)14-8-6-13-7-9-14/h2-5H,6-9H2,1H3. The van der Waals surface area contributed by atoms with Gasteiger partial charge in [0, 0.05) is 37.4 Å². The van der Waals surface area contributed by atoms with Crippen LogP contribution in [0.1, 0.15) is 17.3 Å². The summed E-state index contributed by atoms with van der Waals surface area (Å²) in [7, 11) is 0. The molecule has 0 N–H and O–H groups in total. The molecule has 1 aliphatic rings. The van der Waals surface area contributed by atoms with Gasteiger partial charge in [-0.05, 0) is 19.1 Å². The van der Waals surface area contributed by atoms with Gasteiger partial charge in [-0.1, -0.05) is 12.1 Å². The highest BCUT2D eigenvalue weighted by molar-refractivity contribution is 5.99. The SMILES string of the molecule is CC(=O)c1ccccc1N1CC[N]CC1. The number of ketones is 1. The number of Topliss-reactive ketones (excluding diaryl/α,β-unsaturated/α-hetero) is 1. The summed E-state index contributed by atoms with van der Waals surface area (Å²) in [6.45, 7) is 5.19. The molecule has 1 fully saturated rings. The smallest absolute Gasteiger partial charge is 0.161 e. The van der Waals surface area contributed by atoms with Crippen LogP contribution in [0.5, 0.6) is 0 Å². The lowest BCUT2D eigenvalue weighted by atomic mass is 10.1. The maximum absolute atomic E-state index is 11.5. The molecule has 0 atom stereocenters. The molecular formula is C12H15N2O. The summed E-state index contributed by atoms with van der Waals surface area (Å²) < 4.78 is 0. The minimum Gasteiger partial charge on any atom is -0.368 e. The predicted molar refractivity (Wildman–Crippen MR) is 60.5 cm³/mol. The van der Waals surface area contributed by atoms with Crippen LogP contribution in [-0.4, -0.2) is 32.0 Å². The topological polar surface area (TPSA) is 34.4 Å². The van der Waals surface area contributed by atoms with Crippen molar-refractivity contribution in [1.29, 1.82) is 0 Å². The second-order valence-corrected chi connectivity index (χ2v) is 3.73. The molecule has 0 spiro atoms. The summed E-state index contributed by atoms with van der Waals surface area (Å²) in [6, 6.07) is 7.80. The van der Waals surface area contributed by atoms with Gasteiger partial charge in [-0.3, -0.25) is 4.79 Å². The minimum atomic E-state index is 0.133. The molecule has 79 valence electrons. The van der Waals surface area contributed by atoms with Crippen LogP contribution in [0.25, 0.3) is 0 Å². The highest BCUT2D eigenvalue weighted by Gasteiger charge is 2.15. The Kier molecular flexibility index (Phi) is 3.02. The molecule has 0 unspecified atom stereocenters. The van der Waals surface area contributed by atoms with Gasteiger partial charge in [0.05, 0.1) is 0 Å². The lowest BCUT2D eigenvalue weighted by Crippen LogP contribution is -2.40. The summed E-state index contributed by atoms with van der Waals surface area (Å²) in [5.74, 6) is 0.133. The van der Waals surface area contributed by atoms with Crippen molar-refractivity contribution in [3.8, 4) is 0 Å². The van der Waals surface area contributed by atoms with Crippen molar-refractivity contribution in [3.05, 3.63) is 29.8 Å². The second kappa shape index (κ2) is 4.45. The zero-order chi connectivity index (χ0) is 10.7. The zero-order valence-electron chi connectivity index (χ0n) is 8.94. The first-order chi connectivity index (χ1) is 7.29. The van der Waals surface area contributed by atoms with Gasteiger partial charge in [0.25, 0.3) is 0 Å². The largest absolute Gasteiger partial charge is 0.368 e. The van der Waals surface area contributed by atoms with Crippen molar-refractivity contribution in [2.75, 3.05) is 31.1 Å². The van der Waals surface area contributed by atoms with Crippen molar-refractivity contribution in [1.82, 2.24) is 5.32 Å². The quantitative estimate of drug-likeness (QED) is 0.679. The summed E-state index contributed by atoms with van der Waals surface area (Å²) in [4.78, 5) is 13.7. The monoisotopic (exact) mass is 203 g/mol. The van der Waals surface area contributed by atoms with E-state index in [0.717, 1.165) is 37.4 Å². The molecule has 0 bridgehead atoms. The fraction of sp³-hybridized carbons (Fsp3) is 0.417. The Balaban J connectivity index is 2.29. The van der Waals surface area contributed by atoms with Crippen molar-refractivity contribution in [2.24, 2.45) is 0 Å². The second-order valence-electron chi connectivity index (χ2n) is 3.73. The number of nitrogens with zero attached hydrogens (tertiary/aromatic N) is 2. The van der Waals surface area contributed by atoms with E-state index in [1.54, 1.807) is 6.92 Å². The Morgan fingerprint density at radius 1 is 1.27 bits per heavy atom. The highest BCUT2D eigenvalue weighted by atomic mass is 16.1. The van der Waals surface area contributed by atoms with Gasteiger partial charge in [0.1, 0.15) is 0 Å². The van der Waals surface area contributed by atoms with Crippen LogP contribution >= 0.6 is 0 Å². The Labute approximate surface area is 90.1 Å². The number of carbonyl (C=O) groups excluding carboxylic acids is 1. The Morgan fingerprint density at radius 2 is 1.93 bits per heavy atom. The third kappa shape index (κ3) is 2.18. The molecule has 0 saturated carbocycles. The van der Waals surface area contributed by atoms with Crippen LogP contribution in [0.15, 0.2) is 24.3 Å². The summed E-state index contributed by atoms with van der Waals surface area (Å²) in [5, 5.41) is 4.30. The first kappa shape index (κ1) is 10.2. The molecule has 0 aliphatic carbocycles. The normalized spacial score (nSPS) is 16.5. The number of anilines is 1. The van der Waals surface area contributed by atoms with E-state index in [0.29, 0.717) is 0 Å². The van der Waals surface area contributed by atoms with Crippen molar-refractivity contribution in [3.63, 3.8) is 0 Å². The van der Waals surface area contributed by atoms with Crippen molar-refractivity contribution in [2.45, 2.75) is 6.92 Å². The third-order valence-electron chi connectivity index (χ3n) is 2.68. The molecule has 1 radical (unpaired) electrons. The van der Waals surface area contributed by atoms with Crippen LogP contribution in [0.2, 0.25) is 0 Å². The first-order valence-corrected chi connectivity index (χ1v) is 5.27. The molecule has 1 aromatic rings. The van der Waals surface area contributed by atoms with Crippen LogP contribution in [0, 0.1) is 0 Å². The van der Waals surface area contributed by atoms with E-state index in [4.69, 9.17) is 0 Å². The lowest BCUT2D eigenvalue weighted by molar-refractivity contribution is 0.101. The molecule has 2 rings (SSSR count). The maximum atomic E-state index is 11.5. The van der Waals surface area contributed by atoms with Gasteiger partial charge in [-0.2, -0.15) is 0 Å². The van der Waals surface area contributed by atoms with Crippen LogP contribution in [0.3, 0.4) is 0 Å². The van der Waals surface area contributed by atoms with E-state index in [-0.39, 0.29) is 5.78 Å². The Hall–Kier alpha value is -1.35. The fourth-order valence-corrected chi connectivity index (χ4v) is 1.89. The maximum Gasteiger partial charge on any atom is 0.161 e. The van der Waals surface area contributed by atoms with Crippen molar-refractivity contribution < 1.29 is 4.79 Å². The Bertz CT molecular complexity index is 356. The lowest BCUT2D eigenvalue weighted by Gasteiger charge is -2.29. The van der Waals surface area contributed by atoms with Gasteiger partial charge >= 0.3 is 0 Å². The van der Waals surface area contributed by atoms with Gasteiger partial charge in [0.2, 0.25) is 0 Å². The molecule has 1 saturated heterocycles. The number of benzene rings is 1. The molecule has 1 aromatic carbocycles. The first-order valence-electron chi connectivity index (χ1n) is 5.27. The molecule has 0 amide bonds. The zero-order valence-corrected chi connectivity index (χ0v) is 8.94. The number of hydrogen-bond donors (Lipinski definition) is 0. The van der Waals surface area contributed by atoms with E-state index < -0.39 is 0 Å². The molecule has 0 aromatic heterocycles. The molecule has 3 nitrogen and oxygen atoms in total. The number of hydrogen-bond acceptors (Lipinski definition) is 2. The average Bonchev–Trinajstić information content (AvgIpc) is 2.30. The molecule has 15 heavy (non-hydrogen) atoms. The van der Waals surface area contributed by atoms with Crippen LogP contribution in [0.4, 0.5) is 5.69 Å². The molecule has 3 heteroatoms. The minimum absolute atomic E-state index is 0.133. The molecule has 1 heterocycles. The number of carbonyl (C=O) groups is 1. The number of rotatable bonds is 2. The van der Waals surface area contributed by atoms with E-state index >= 15 is 0 Å². The van der Waals surface area contributed by atoms with E-state index in [1.807, 2.05) is 24.3 Å². The number of piperazine rings is 1.